The Morgan fingerprint density at radius 1 is 1.39 bits per heavy atom. The maximum Gasteiger partial charge on any atom is 0.273 e. The van der Waals surface area contributed by atoms with Crippen LogP contribution in [0.15, 0.2) is 24.3 Å². The molecule has 1 aromatic heterocycles. The number of aliphatic hydroxyl groups excluding tert-OH is 1. The molecule has 2 aromatic rings. The van der Waals surface area contributed by atoms with E-state index in [1.54, 1.807) is 0 Å². The van der Waals surface area contributed by atoms with Crippen molar-refractivity contribution in [1.29, 1.82) is 0 Å². The van der Waals surface area contributed by atoms with Crippen LogP contribution in [0.1, 0.15) is 40.6 Å². The van der Waals surface area contributed by atoms with Crippen molar-refractivity contribution in [3.63, 3.8) is 0 Å². The Kier molecular flexibility index (Phi) is 8.22. The highest BCUT2D eigenvalue weighted by Gasteiger charge is 2.23. The summed E-state index contributed by atoms with van der Waals surface area (Å²) in [6.45, 7) is 5.91. The number of benzene rings is 1. The highest BCUT2D eigenvalue weighted by molar-refractivity contribution is 5.93. The zero-order valence-electron chi connectivity index (χ0n) is 16.2. The second-order valence-corrected chi connectivity index (χ2v) is 6.94. The third kappa shape index (κ3) is 5.67. The van der Waals surface area contributed by atoms with Gasteiger partial charge in [0.25, 0.3) is 5.91 Å². The minimum atomic E-state index is -0.811. The molecule has 1 amide bonds. The van der Waals surface area contributed by atoms with E-state index in [2.05, 4.69) is 20.9 Å². The number of amides is 1. The van der Waals surface area contributed by atoms with Gasteiger partial charge >= 0.3 is 0 Å². The first-order valence-corrected chi connectivity index (χ1v) is 9.33. The number of ether oxygens (including phenoxy) is 1. The van der Waals surface area contributed by atoms with Crippen molar-refractivity contribution in [3.8, 4) is 5.75 Å². The van der Waals surface area contributed by atoms with E-state index in [1.807, 2.05) is 42.8 Å². The molecule has 9 heteroatoms. The number of carbonyl (C=O) groups is 1. The number of aliphatic hydroxyl groups is 1. The van der Waals surface area contributed by atoms with E-state index in [-0.39, 0.29) is 37.5 Å². The van der Waals surface area contributed by atoms with Crippen molar-refractivity contribution in [2.75, 3.05) is 26.2 Å². The zero-order chi connectivity index (χ0) is 19.2. The van der Waals surface area contributed by atoms with Crippen LogP contribution >= 0.6 is 12.4 Å². The van der Waals surface area contributed by atoms with Crippen LogP contribution in [-0.2, 0) is 0 Å². The number of carbonyl (C=O) groups excluding carboxylic acids is 1. The van der Waals surface area contributed by atoms with E-state index in [0.717, 1.165) is 37.2 Å². The van der Waals surface area contributed by atoms with Crippen molar-refractivity contribution in [2.45, 2.75) is 38.8 Å². The average molecular weight is 410 g/mol. The number of hydrogen-bond donors (Lipinski definition) is 3. The molecule has 28 heavy (non-hydrogen) atoms. The Bertz CT molecular complexity index is 777. The summed E-state index contributed by atoms with van der Waals surface area (Å²) >= 11 is 0. The number of hydrogen-bond acceptors (Lipinski definition) is 6. The lowest BCUT2D eigenvalue weighted by Gasteiger charge is -2.23. The van der Waals surface area contributed by atoms with Crippen molar-refractivity contribution < 1.29 is 14.6 Å². The first-order valence-electron chi connectivity index (χ1n) is 9.33. The van der Waals surface area contributed by atoms with E-state index in [0.29, 0.717) is 11.4 Å². The van der Waals surface area contributed by atoms with Crippen LogP contribution < -0.4 is 15.4 Å². The van der Waals surface area contributed by atoms with Gasteiger partial charge in [0.1, 0.15) is 18.5 Å². The van der Waals surface area contributed by atoms with Crippen molar-refractivity contribution >= 4 is 18.3 Å². The highest BCUT2D eigenvalue weighted by atomic mass is 35.5. The van der Waals surface area contributed by atoms with Gasteiger partial charge in [-0.25, -0.2) is 4.68 Å². The molecule has 1 aliphatic heterocycles. The lowest BCUT2D eigenvalue weighted by atomic mass is 10.1. The van der Waals surface area contributed by atoms with Crippen LogP contribution in [0.2, 0.25) is 0 Å². The fraction of sp³-hybridized carbons (Fsp3) is 0.526. The summed E-state index contributed by atoms with van der Waals surface area (Å²) in [5, 5.41) is 24.3. The Morgan fingerprint density at radius 2 is 2.14 bits per heavy atom. The van der Waals surface area contributed by atoms with Gasteiger partial charge in [-0.3, -0.25) is 4.79 Å². The predicted molar refractivity (Wildman–Crippen MR) is 108 cm³/mol. The fourth-order valence-electron chi connectivity index (χ4n) is 3.20. The lowest BCUT2D eigenvalue weighted by Crippen LogP contribution is -2.36. The lowest BCUT2D eigenvalue weighted by molar-refractivity contribution is 0.0839. The summed E-state index contributed by atoms with van der Waals surface area (Å²) in [7, 11) is 0. The van der Waals surface area contributed by atoms with E-state index in [9.17, 15) is 9.90 Å². The van der Waals surface area contributed by atoms with Gasteiger partial charge < -0.3 is 20.5 Å². The Labute approximate surface area is 171 Å². The molecular formula is C19H28ClN5O3. The van der Waals surface area contributed by atoms with Crippen molar-refractivity contribution in [1.82, 2.24) is 25.6 Å². The van der Waals surface area contributed by atoms with Crippen LogP contribution in [0.25, 0.3) is 0 Å². The molecule has 3 rings (SSSR count). The predicted octanol–water partition coefficient (Wildman–Crippen LogP) is 1.41. The Morgan fingerprint density at radius 3 is 2.86 bits per heavy atom. The molecule has 0 spiro atoms. The molecule has 1 atom stereocenters. The number of aryl methyl sites for hydroxylation is 1. The van der Waals surface area contributed by atoms with Crippen LogP contribution in [-0.4, -0.2) is 58.4 Å². The van der Waals surface area contributed by atoms with Crippen molar-refractivity contribution in [3.05, 3.63) is 41.2 Å². The van der Waals surface area contributed by atoms with Gasteiger partial charge in [0.15, 0.2) is 5.69 Å². The summed E-state index contributed by atoms with van der Waals surface area (Å²) in [4.78, 5) is 12.4. The smallest absolute Gasteiger partial charge is 0.273 e. The second kappa shape index (κ2) is 10.4. The number of piperidine rings is 1. The topological polar surface area (TPSA) is 101 Å². The molecule has 1 fully saturated rings. The van der Waals surface area contributed by atoms with Gasteiger partial charge in [0.05, 0.1) is 11.7 Å². The minimum Gasteiger partial charge on any atom is -0.491 e. The molecule has 8 nitrogen and oxygen atoms in total. The number of halogens is 1. The van der Waals surface area contributed by atoms with E-state index >= 15 is 0 Å². The average Bonchev–Trinajstić information content (AvgIpc) is 3.06. The van der Waals surface area contributed by atoms with Crippen LogP contribution in [0.4, 0.5) is 0 Å². The maximum absolute atomic E-state index is 12.4. The van der Waals surface area contributed by atoms with E-state index in [1.165, 1.54) is 0 Å². The molecule has 1 saturated heterocycles. The van der Waals surface area contributed by atoms with Crippen LogP contribution in [0.5, 0.6) is 5.75 Å². The zero-order valence-corrected chi connectivity index (χ0v) is 17.0. The molecule has 0 bridgehead atoms. The molecule has 0 aliphatic carbocycles. The third-order valence-electron chi connectivity index (χ3n) is 4.73. The Balaban J connectivity index is 0.00000280. The number of nitrogens with one attached hydrogen (secondary N) is 2. The normalized spacial score (nSPS) is 15.5. The third-order valence-corrected chi connectivity index (χ3v) is 4.73. The molecule has 1 aromatic carbocycles. The summed E-state index contributed by atoms with van der Waals surface area (Å²) < 4.78 is 7.39. The first-order chi connectivity index (χ1) is 13.0. The van der Waals surface area contributed by atoms with Crippen LogP contribution in [0, 0.1) is 13.8 Å². The molecule has 0 radical (unpaired) electrons. The monoisotopic (exact) mass is 409 g/mol. The van der Waals surface area contributed by atoms with Gasteiger partial charge in [0.2, 0.25) is 0 Å². The summed E-state index contributed by atoms with van der Waals surface area (Å²) in [6, 6.07) is 7.87. The summed E-state index contributed by atoms with van der Waals surface area (Å²) in [5.74, 6) is 0.364. The second-order valence-electron chi connectivity index (χ2n) is 6.94. The number of nitrogens with zero attached hydrogens (tertiary/aromatic N) is 3. The van der Waals surface area contributed by atoms with Crippen molar-refractivity contribution in [2.24, 2.45) is 0 Å². The maximum atomic E-state index is 12.4. The Hall–Kier alpha value is -2.16. The quantitative estimate of drug-likeness (QED) is 0.639. The van der Waals surface area contributed by atoms with Gasteiger partial charge in [-0.2, -0.15) is 0 Å². The number of aromatic nitrogens is 3. The SMILES string of the molecule is Cc1cccc(OCC(O)CNC(=O)c2nnn(C3CCNCC3)c2C)c1.Cl. The standard InChI is InChI=1S/C19H27N5O3.ClH/c1-13-4-3-5-17(10-13)27-12-16(25)11-21-19(26)18-14(2)24(23-22-18)15-6-8-20-9-7-15;/h3-5,10,15-16,20,25H,6-9,11-12H2,1-2H3,(H,21,26);1H. The molecule has 3 N–H and O–H groups in total. The van der Waals surface area contributed by atoms with E-state index in [4.69, 9.17) is 4.74 Å². The molecular weight excluding hydrogens is 382 g/mol. The molecule has 0 saturated carbocycles. The van der Waals surface area contributed by atoms with E-state index < -0.39 is 6.10 Å². The summed E-state index contributed by atoms with van der Waals surface area (Å²) in [6.07, 6.45) is 1.13. The summed E-state index contributed by atoms with van der Waals surface area (Å²) in [5.41, 5.74) is 2.15. The molecule has 1 aliphatic rings. The molecule has 2 heterocycles. The van der Waals surface area contributed by atoms with Gasteiger partial charge in [0, 0.05) is 6.54 Å². The van der Waals surface area contributed by atoms with Gasteiger partial charge in [-0.15, -0.1) is 17.5 Å². The molecule has 154 valence electrons. The highest BCUT2D eigenvalue weighted by Crippen LogP contribution is 2.20. The first kappa shape index (κ1) is 22.1. The fourth-order valence-corrected chi connectivity index (χ4v) is 3.20. The van der Waals surface area contributed by atoms with Gasteiger partial charge in [-0.05, 0) is 57.5 Å². The largest absolute Gasteiger partial charge is 0.491 e. The number of rotatable bonds is 7. The molecule has 1 unspecified atom stereocenters. The van der Waals surface area contributed by atoms with Crippen LogP contribution in [0.3, 0.4) is 0 Å². The van der Waals surface area contributed by atoms with Gasteiger partial charge in [-0.1, -0.05) is 17.3 Å². The minimum absolute atomic E-state index is 0.